The van der Waals surface area contributed by atoms with Crippen LogP contribution in [0.2, 0.25) is 0 Å². The first kappa shape index (κ1) is 12.2. The van der Waals surface area contributed by atoms with E-state index in [1.165, 1.54) is 6.20 Å². The van der Waals surface area contributed by atoms with Gasteiger partial charge in [0.05, 0.1) is 0 Å². The Labute approximate surface area is 101 Å². The van der Waals surface area contributed by atoms with Crippen LogP contribution in [0.4, 0.5) is 13.2 Å². The second-order valence-electron chi connectivity index (χ2n) is 4.02. The average molecular weight is 270 g/mol. The molecular formula is C10H11ClF3NS. The highest BCUT2D eigenvalue weighted by Gasteiger charge is 2.34. The number of aromatic nitrogens is 1. The molecule has 2 rings (SSSR count). The zero-order valence-corrected chi connectivity index (χ0v) is 10.0. The first-order valence-corrected chi connectivity index (χ1v) is 6.38. The third-order valence-corrected chi connectivity index (χ3v) is 4.27. The van der Waals surface area contributed by atoms with Crippen LogP contribution >= 0.6 is 22.9 Å². The molecule has 0 spiro atoms. The summed E-state index contributed by atoms with van der Waals surface area (Å²) < 4.78 is 36.8. The normalized spacial score (nSPS) is 18.8. The average Bonchev–Trinajstić information content (AvgIpc) is 2.92. The van der Waals surface area contributed by atoms with Gasteiger partial charge < -0.3 is 0 Å². The highest BCUT2D eigenvalue weighted by atomic mass is 35.5. The molecule has 0 radical (unpaired) electrons. The van der Waals surface area contributed by atoms with Crippen molar-refractivity contribution in [2.24, 2.45) is 5.92 Å². The van der Waals surface area contributed by atoms with Crippen molar-refractivity contribution in [3.63, 3.8) is 0 Å². The summed E-state index contributed by atoms with van der Waals surface area (Å²) >= 11 is 6.81. The summed E-state index contributed by atoms with van der Waals surface area (Å²) in [5.41, 5.74) is 0. The number of hydrogen-bond acceptors (Lipinski definition) is 2. The maximum atomic E-state index is 12.3. The topological polar surface area (TPSA) is 12.9 Å². The van der Waals surface area contributed by atoms with Crippen molar-refractivity contribution in [2.45, 2.75) is 37.2 Å². The molecule has 1 aromatic rings. The fourth-order valence-electron chi connectivity index (χ4n) is 1.53. The summed E-state index contributed by atoms with van der Waals surface area (Å²) in [4.78, 5) is 4.04. The second kappa shape index (κ2) is 4.53. The molecule has 1 heterocycles. The molecule has 1 saturated carbocycles. The van der Waals surface area contributed by atoms with Gasteiger partial charge >= 0.3 is 6.18 Å². The van der Waals surface area contributed by atoms with Crippen molar-refractivity contribution in [3.8, 4) is 0 Å². The molecule has 0 aromatic carbocycles. The minimum Gasteiger partial charge on any atom is -0.240 e. The van der Waals surface area contributed by atoms with Crippen molar-refractivity contribution in [1.29, 1.82) is 0 Å². The summed E-state index contributed by atoms with van der Waals surface area (Å²) in [5, 5.41) is -0.656. The third kappa shape index (κ3) is 3.10. The van der Waals surface area contributed by atoms with Crippen LogP contribution in [0, 0.1) is 5.92 Å². The zero-order chi connectivity index (χ0) is 11.8. The maximum Gasteiger partial charge on any atom is 0.443 e. The number of hydrogen-bond donors (Lipinski definition) is 0. The standard InChI is InChI=1S/C10H11ClF3NS/c11-8(6-1-2-6)4-3-7-5-15-9(16-7)10(12,13)14/h5-6,8H,1-4H2. The lowest BCUT2D eigenvalue weighted by atomic mass is 10.1. The fraction of sp³-hybridized carbons (Fsp3) is 0.700. The van der Waals surface area contributed by atoms with E-state index in [-0.39, 0.29) is 5.38 Å². The summed E-state index contributed by atoms with van der Waals surface area (Å²) in [5.74, 6) is 0.580. The van der Waals surface area contributed by atoms with Crippen LogP contribution in [0.1, 0.15) is 29.1 Å². The molecule has 6 heteroatoms. The van der Waals surface area contributed by atoms with Gasteiger partial charge in [-0.2, -0.15) is 13.2 Å². The molecule has 0 aliphatic heterocycles. The Morgan fingerprint density at radius 3 is 2.69 bits per heavy atom. The smallest absolute Gasteiger partial charge is 0.240 e. The molecule has 0 bridgehead atoms. The minimum atomic E-state index is -4.32. The number of thiazole rings is 1. The Bertz CT molecular complexity index is 359. The lowest BCUT2D eigenvalue weighted by Crippen LogP contribution is -2.03. The van der Waals surface area contributed by atoms with Crippen molar-refractivity contribution in [2.75, 3.05) is 0 Å². The lowest BCUT2D eigenvalue weighted by Gasteiger charge is -2.05. The van der Waals surface area contributed by atoms with Gasteiger partial charge in [-0.05, 0) is 31.6 Å². The van der Waals surface area contributed by atoms with Crippen LogP contribution in [0.15, 0.2) is 6.20 Å². The Morgan fingerprint density at radius 2 is 2.19 bits per heavy atom. The molecule has 1 nitrogen and oxygen atoms in total. The van der Waals surface area contributed by atoms with E-state index in [4.69, 9.17) is 11.6 Å². The number of aryl methyl sites for hydroxylation is 1. The third-order valence-electron chi connectivity index (χ3n) is 2.60. The van der Waals surface area contributed by atoms with Gasteiger partial charge in [-0.25, -0.2) is 4.98 Å². The molecule has 1 aromatic heterocycles. The quantitative estimate of drug-likeness (QED) is 0.750. The monoisotopic (exact) mass is 269 g/mol. The molecule has 90 valence electrons. The van der Waals surface area contributed by atoms with Crippen molar-refractivity contribution >= 4 is 22.9 Å². The predicted molar refractivity (Wildman–Crippen MR) is 57.8 cm³/mol. The Morgan fingerprint density at radius 1 is 1.50 bits per heavy atom. The summed E-state index contributed by atoms with van der Waals surface area (Å²) in [6, 6.07) is 0. The molecular weight excluding hydrogens is 259 g/mol. The van der Waals surface area contributed by atoms with Crippen molar-refractivity contribution in [3.05, 3.63) is 16.1 Å². The minimum absolute atomic E-state index is 0.108. The number of halogens is 4. The molecule has 0 amide bonds. The van der Waals surface area contributed by atoms with Crippen LogP contribution in [0.5, 0.6) is 0 Å². The van der Waals surface area contributed by atoms with E-state index in [1.807, 2.05) is 0 Å². The summed E-state index contributed by atoms with van der Waals surface area (Å²) in [7, 11) is 0. The Balaban J connectivity index is 1.87. The first-order chi connectivity index (χ1) is 7.47. The highest BCUT2D eigenvalue weighted by molar-refractivity contribution is 7.11. The molecule has 1 aliphatic rings. The van der Waals surface area contributed by atoms with Gasteiger partial charge in [0.2, 0.25) is 0 Å². The van der Waals surface area contributed by atoms with Crippen LogP contribution in [0.25, 0.3) is 0 Å². The number of nitrogens with zero attached hydrogens (tertiary/aromatic N) is 1. The first-order valence-electron chi connectivity index (χ1n) is 5.13. The molecule has 1 unspecified atom stereocenters. The highest BCUT2D eigenvalue weighted by Crippen LogP contribution is 2.38. The van der Waals surface area contributed by atoms with E-state index >= 15 is 0 Å². The van der Waals surface area contributed by atoms with Crippen LogP contribution in [0.3, 0.4) is 0 Å². The van der Waals surface area contributed by atoms with Gasteiger partial charge in [0.15, 0.2) is 5.01 Å². The van der Waals surface area contributed by atoms with E-state index in [0.29, 0.717) is 17.2 Å². The molecule has 1 atom stereocenters. The van der Waals surface area contributed by atoms with Crippen LogP contribution < -0.4 is 0 Å². The zero-order valence-electron chi connectivity index (χ0n) is 8.43. The van der Waals surface area contributed by atoms with E-state index < -0.39 is 11.2 Å². The Kier molecular flexibility index (Phi) is 3.45. The van der Waals surface area contributed by atoms with Crippen LogP contribution in [-0.4, -0.2) is 10.4 Å². The van der Waals surface area contributed by atoms with Crippen LogP contribution in [-0.2, 0) is 12.6 Å². The van der Waals surface area contributed by atoms with Gasteiger partial charge in [0.25, 0.3) is 0 Å². The SMILES string of the molecule is FC(F)(F)c1ncc(CCC(Cl)C2CC2)s1. The van der Waals surface area contributed by atoms with E-state index in [0.717, 1.165) is 30.6 Å². The Hall–Kier alpha value is -0.290. The number of alkyl halides is 4. The number of rotatable bonds is 4. The van der Waals surface area contributed by atoms with Crippen molar-refractivity contribution < 1.29 is 13.2 Å². The second-order valence-corrected chi connectivity index (χ2v) is 5.70. The van der Waals surface area contributed by atoms with E-state index in [9.17, 15) is 13.2 Å². The molecule has 0 N–H and O–H groups in total. The molecule has 0 saturated heterocycles. The maximum absolute atomic E-state index is 12.3. The molecule has 16 heavy (non-hydrogen) atoms. The molecule has 1 fully saturated rings. The fourth-order valence-corrected chi connectivity index (χ4v) is 2.68. The van der Waals surface area contributed by atoms with E-state index in [1.54, 1.807) is 0 Å². The summed E-state index contributed by atoms with van der Waals surface area (Å²) in [6.07, 6.45) is 0.642. The molecule has 1 aliphatic carbocycles. The predicted octanol–water partition coefficient (Wildman–Crippen LogP) is 4.11. The van der Waals surface area contributed by atoms with E-state index in [2.05, 4.69) is 4.98 Å². The summed E-state index contributed by atoms with van der Waals surface area (Å²) in [6.45, 7) is 0. The van der Waals surface area contributed by atoms with Gasteiger partial charge in [0.1, 0.15) is 0 Å². The van der Waals surface area contributed by atoms with Crippen molar-refractivity contribution in [1.82, 2.24) is 4.98 Å². The lowest BCUT2D eigenvalue weighted by molar-refractivity contribution is -0.137. The van der Waals surface area contributed by atoms with Gasteiger partial charge in [-0.3, -0.25) is 0 Å². The van der Waals surface area contributed by atoms with Gasteiger partial charge in [-0.15, -0.1) is 22.9 Å². The van der Waals surface area contributed by atoms with Gasteiger partial charge in [0, 0.05) is 16.5 Å². The largest absolute Gasteiger partial charge is 0.443 e. The van der Waals surface area contributed by atoms with Gasteiger partial charge in [-0.1, -0.05) is 0 Å².